The van der Waals surface area contributed by atoms with Crippen molar-refractivity contribution >= 4 is 0 Å². The quantitative estimate of drug-likeness (QED) is 0.629. The van der Waals surface area contributed by atoms with Crippen molar-refractivity contribution in [1.29, 1.82) is 0 Å². The summed E-state index contributed by atoms with van der Waals surface area (Å²) < 4.78 is 0. The standard InChI is InChI=1S/C21H31NO3/c1-3-22-9-11-4-5-17(24)21-13(11)6-14(18(21)22)20-8-12(10(2)19(20)25)15(23)7-16(20)21/h11-19,23-25H,2-9H2,1H3/t11-,12+,13+,14-,15+,16+,17-,18+,19+,20-,21-/m0/s1. The first-order valence-electron chi connectivity index (χ1n) is 10.4. The zero-order chi connectivity index (χ0) is 17.3. The first-order valence-corrected chi connectivity index (χ1v) is 10.4. The van der Waals surface area contributed by atoms with E-state index in [0.717, 1.165) is 37.8 Å². The monoisotopic (exact) mass is 345 g/mol. The molecule has 6 rings (SSSR count). The van der Waals surface area contributed by atoms with E-state index in [2.05, 4.69) is 18.4 Å². The average molecular weight is 345 g/mol. The lowest BCUT2D eigenvalue weighted by atomic mass is 9.46. The second kappa shape index (κ2) is 4.52. The summed E-state index contributed by atoms with van der Waals surface area (Å²) in [7, 11) is 0. The van der Waals surface area contributed by atoms with Crippen molar-refractivity contribution in [1.82, 2.24) is 4.90 Å². The molecule has 4 heteroatoms. The molecule has 0 radical (unpaired) electrons. The van der Waals surface area contributed by atoms with Crippen molar-refractivity contribution in [3.8, 4) is 0 Å². The summed E-state index contributed by atoms with van der Waals surface area (Å²) in [6.45, 7) is 8.65. The minimum absolute atomic E-state index is 0.0634. The Kier molecular flexibility index (Phi) is 2.82. The first kappa shape index (κ1) is 15.6. The molecule has 5 aliphatic carbocycles. The van der Waals surface area contributed by atoms with Crippen molar-refractivity contribution in [2.24, 2.45) is 40.4 Å². The molecule has 0 unspecified atom stereocenters. The molecule has 0 aromatic rings. The molecule has 25 heavy (non-hydrogen) atoms. The van der Waals surface area contributed by atoms with Crippen LogP contribution in [-0.2, 0) is 0 Å². The number of rotatable bonds is 1. The van der Waals surface area contributed by atoms with E-state index in [1.54, 1.807) is 0 Å². The largest absolute Gasteiger partial charge is 0.392 e. The number of aliphatic hydroxyl groups excluding tert-OH is 3. The minimum Gasteiger partial charge on any atom is -0.392 e. The van der Waals surface area contributed by atoms with Gasteiger partial charge in [-0.05, 0) is 67.9 Å². The van der Waals surface area contributed by atoms with Gasteiger partial charge in [-0.2, -0.15) is 0 Å². The average Bonchev–Trinajstić information content (AvgIpc) is 3.10. The Morgan fingerprint density at radius 3 is 2.72 bits per heavy atom. The third-order valence-corrected chi connectivity index (χ3v) is 10.1. The lowest BCUT2D eigenvalue weighted by Crippen LogP contribution is -2.65. The highest BCUT2D eigenvalue weighted by Crippen LogP contribution is 2.81. The molecule has 3 N–H and O–H groups in total. The molecule has 7 bridgehead atoms. The van der Waals surface area contributed by atoms with Crippen LogP contribution < -0.4 is 0 Å². The van der Waals surface area contributed by atoms with E-state index in [-0.39, 0.29) is 34.9 Å². The summed E-state index contributed by atoms with van der Waals surface area (Å²) in [6.07, 6.45) is 3.72. The summed E-state index contributed by atoms with van der Waals surface area (Å²) in [5.41, 5.74) is 0.640. The highest BCUT2D eigenvalue weighted by molar-refractivity contribution is 5.38. The minimum atomic E-state index is -0.489. The number of hydrogen-bond acceptors (Lipinski definition) is 4. The Bertz CT molecular complexity index is 651. The fourth-order valence-electron chi connectivity index (χ4n) is 9.58. The van der Waals surface area contributed by atoms with E-state index in [0.29, 0.717) is 23.8 Å². The molecular weight excluding hydrogens is 314 g/mol. The predicted octanol–water partition coefficient (Wildman–Crippen LogP) is 1.40. The van der Waals surface area contributed by atoms with Crippen molar-refractivity contribution in [2.45, 2.75) is 63.4 Å². The van der Waals surface area contributed by atoms with Crippen molar-refractivity contribution in [3.05, 3.63) is 12.2 Å². The van der Waals surface area contributed by atoms with Crippen LogP contribution in [0.4, 0.5) is 0 Å². The number of nitrogens with zero attached hydrogens (tertiary/aromatic N) is 1. The number of fused-ring (bicyclic) bond motifs is 1. The van der Waals surface area contributed by atoms with Crippen molar-refractivity contribution < 1.29 is 15.3 Å². The summed E-state index contributed by atoms with van der Waals surface area (Å²) in [6, 6.07) is 0.394. The molecule has 0 aromatic carbocycles. The number of likely N-dealkylation sites (tertiary alicyclic amines) is 1. The molecule has 6 fully saturated rings. The fourth-order valence-corrected chi connectivity index (χ4v) is 9.58. The molecule has 1 heterocycles. The zero-order valence-electron chi connectivity index (χ0n) is 15.1. The van der Waals surface area contributed by atoms with Crippen LogP contribution in [0.3, 0.4) is 0 Å². The molecule has 138 valence electrons. The Balaban J connectivity index is 1.59. The van der Waals surface area contributed by atoms with Gasteiger partial charge in [-0.15, -0.1) is 0 Å². The molecule has 1 aliphatic heterocycles. The molecule has 4 nitrogen and oxygen atoms in total. The summed E-state index contributed by atoms with van der Waals surface area (Å²) in [5.74, 6) is 2.06. The Hall–Kier alpha value is -0.420. The van der Waals surface area contributed by atoms with Gasteiger partial charge in [-0.3, -0.25) is 4.90 Å². The Morgan fingerprint density at radius 2 is 1.96 bits per heavy atom. The van der Waals surface area contributed by atoms with Gasteiger partial charge in [0.05, 0.1) is 18.3 Å². The van der Waals surface area contributed by atoms with Crippen LogP contribution in [0, 0.1) is 40.4 Å². The fraction of sp³-hybridized carbons (Fsp3) is 0.905. The number of hydrogen-bond donors (Lipinski definition) is 3. The topological polar surface area (TPSA) is 63.9 Å². The van der Waals surface area contributed by atoms with Crippen LogP contribution in [0.25, 0.3) is 0 Å². The highest BCUT2D eigenvalue weighted by Gasteiger charge is 2.83. The molecule has 0 aromatic heterocycles. The van der Waals surface area contributed by atoms with Crippen LogP contribution in [0.1, 0.15) is 39.0 Å². The van der Waals surface area contributed by atoms with E-state index in [9.17, 15) is 15.3 Å². The van der Waals surface area contributed by atoms with Gasteiger partial charge in [-0.1, -0.05) is 13.5 Å². The van der Waals surface area contributed by atoms with Gasteiger partial charge in [0.1, 0.15) is 0 Å². The van der Waals surface area contributed by atoms with Crippen LogP contribution in [0.2, 0.25) is 0 Å². The molecule has 6 aliphatic rings. The second-order valence-electron chi connectivity index (χ2n) is 10.1. The summed E-state index contributed by atoms with van der Waals surface area (Å²) in [4.78, 5) is 2.64. The first-order chi connectivity index (χ1) is 12.0. The van der Waals surface area contributed by atoms with Gasteiger partial charge in [0.25, 0.3) is 0 Å². The van der Waals surface area contributed by atoms with Crippen LogP contribution in [-0.4, -0.2) is 57.7 Å². The van der Waals surface area contributed by atoms with Crippen LogP contribution in [0.15, 0.2) is 12.2 Å². The van der Waals surface area contributed by atoms with Gasteiger partial charge >= 0.3 is 0 Å². The summed E-state index contributed by atoms with van der Waals surface area (Å²) in [5, 5.41) is 33.6. The van der Waals surface area contributed by atoms with Gasteiger partial charge in [-0.25, -0.2) is 0 Å². The maximum atomic E-state index is 11.4. The Labute approximate surface area is 149 Å². The molecule has 1 saturated heterocycles. The van der Waals surface area contributed by atoms with Crippen molar-refractivity contribution in [3.63, 3.8) is 0 Å². The van der Waals surface area contributed by atoms with Gasteiger partial charge in [0, 0.05) is 29.3 Å². The van der Waals surface area contributed by atoms with Gasteiger partial charge in [0.15, 0.2) is 0 Å². The van der Waals surface area contributed by atoms with Gasteiger partial charge in [0.2, 0.25) is 0 Å². The Morgan fingerprint density at radius 1 is 1.16 bits per heavy atom. The predicted molar refractivity (Wildman–Crippen MR) is 93.6 cm³/mol. The molecule has 2 spiro atoms. The van der Waals surface area contributed by atoms with E-state index < -0.39 is 6.10 Å². The van der Waals surface area contributed by atoms with Crippen LogP contribution in [0.5, 0.6) is 0 Å². The third kappa shape index (κ3) is 1.37. The van der Waals surface area contributed by atoms with E-state index in [1.807, 2.05) is 0 Å². The maximum Gasteiger partial charge on any atom is 0.0813 e. The molecule has 0 amide bonds. The highest BCUT2D eigenvalue weighted by atomic mass is 16.3. The summed E-state index contributed by atoms with van der Waals surface area (Å²) >= 11 is 0. The van der Waals surface area contributed by atoms with Crippen LogP contribution >= 0.6 is 0 Å². The molecular formula is C21H31NO3. The lowest BCUT2D eigenvalue weighted by molar-refractivity contribution is -0.193. The van der Waals surface area contributed by atoms with Crippen molar-refractivity contribution in [2.75, 3.05) is 13.1 Å². The zero-order valence-corrected chi connectivity index (χ0v) is 15.1. The number of aliphatic hydroxyl groups is 3. The normalized spacial score (nSPS) is 64.6. The van der Waals surface area contributed by atoms with Gasteiger partial charge < -0.3 is 15.3 Å². The third-order valence-electron chi connectivity index (χ3n) is 10.1. The SMILES string of the molecule is C=C1[C@H]2C[C@@]3([C@@H]1O)[C@@H](C[C@H]2O)[C@]12[C@@H]4C[C@H]3[C@H]1N(CC)C[C@@H]4CC[C@@H]2O. The van der Waals surface area contributed by atoms with E-state index >= 15 is 0 Å². The molecule has 11 atom stereocenters. The maximum absolute atomic E-state index is 11.4. The number of piperidine rings is 1. The lowest BCUT2D eigenvalue weighted by Gasteiger charge is -2.62. The molecule has 5 saturated carbocycles. The van der Waals surface area contributed by atoms with E-state index in [1.165, 1.54) is 13.0 Å². The smallest absolute Gasteiger partial charge is 0.0813 e. The second-order valence-corrected chi connectivity index (χ2v) is 10.1. The van der Waals surface area contributed by atoms with E-state index in [4.69, 9.17) is 0 Å².